The fraction of sp³-hybridized carbons (Fsp3) is 0.250. The number of nitrogens with one attached hydrogen (secondary N) is 1. The molecule has 2 aromatic rings. The molecule has 0 radical (unpaired) electrons. The Kier molecular flexibility index (Phi) is 5.79. The van der Waals surface area contributed by atoms with Crippen LogP contribution in [0.15, 0.2) is 45.3 Å². The molecule has 0 saturated carbocycles. The first-order chi connectivity index (χ1) is 10.0. The second-order valence-electron chi connectivity index (χ2n) is 4.73. The summed E-state index contributed by atoms with van der Waals surface area (Å²) >= 11 is 6.97. The lowest BCUT2D eigenvalue weighted by Gasteiger charge is -2.17. The van der Waals surface area contributed by atoms with E-state index in [1.54, 1.807) is 19.2 Å². The van der Waals surface area contributed by atoms with E-state index in [0.717, 1.165) is 25.8 Å². The summed E-state index contributed by atoms with van der Waals surface area (Å²) in [6.45, 7) is 2.70. The average molecular weight is 417 g/mol. The van der Waals surface area contributed by atoms with Crippen LogP contribution >= 0.6 is 31.9 Å². The van der Waals surface area contributed by atoms with E-state index in [-0.39, 0.29) is 11.9 Å². The van der Waals surface area contributed by atoms with E-state index in [2.05, 4.69) is 37.2 Å². The van der Waals surface area contributed by atoms with Crippen molar-refractivity contribution in [3.8, 4) is 5.75 Å². The van der Waals surface area contributed by atoms with Crippen LogP contribution in [0.2, 0.25) is 0 Å². The van der Waals surface area contributed by atoms with Crippen LogP contribution in [-0.4, -0.2) is 7.11 Å². The van der Waals surface area contributed by atoms with E-state index in [0.29, 0.717) is 6.54 Å². The number of hydrogen-bond donors (Lipinski definition) is 1. The first-order valence-electron chi connectivity index (χ1n) is 6.52. The SMILES string of the molecule is COc1c(Br)cc(Br)cc1CNC(C)c1ccc(F)cc1. The van der Waals surface area contributed by atoms with Gasteiger partial charge in [0.1, 0.15) is 11.6 Å². The summed E-state index contributed by atoms with van der Waals surface area (Å²) in [4.78, 5) is 0. The lowest BCUT2D eigenvalue weighted by Crippen LogP contribution is -2.18. The van der Waals surface area contributed by atoms with Crippen LogP contribution in [0.25, 0.3) is 0 Å². The Hall–Kier alpha value is -0.910. The van der Waals surface area contributed by atoms with Gasteiger partial charge in [0.15, 0.2) is 0 Å². The molecule has 1 atom stereocenters. The van der Waals surface area contributed by atoms with Crippen molar-refractivity contribution in [2.75, 3.05) is 7.11 Å². The molecular formula is C16H16Br2FNO. The number of methoxy groups -OCH3 is 1. The van der Waals surface area contributed by atoms with Gasteiger partial charge in [0, 0.05) is 22.6 Å². The number of halogens is 3. The standard InChI is InChI=1S/C16H16Br2FNO/c1-10(11-3-5-14(19)6-4-11)20-9-12-7-13(17)8-15(18)16(12)21-2/h3-8,10,20H,9H2,1-2H3. The third-order valence-electron chi connectivity index (χ3n) is 3.26. The highest BCUT2D eigenvalue weighted by atomic mass is 79.9. The molecule has 5 heteroatoms. The fourth-order valence-corrected chi connectivity index (χ4v) is 3.58. The van der Waals surface area contributed by atoms with Crippen molar-refractivity contribution in [1.29, 1.82) is 0 Å². The molecule has 0 aliphatic heterocycles. The zero-order valence-electron chi connectivity index (χ0n) is 11.8. The molecule has 0 aliphatic rings. The summed E-state index contributed by atoms with van der Waals surface area (Å²) in [6, 6.07) is 10.6. The number of benzene rings is 2. The van der Waals surface area contributed by atoms with Crippen molar-refractivity contribution < 1.29 is 9.13 Å². The molecular weight excluding hydrogens is 401 g/mol. The Morgan fingerprint density at radius 1 is 1.19 bits per heavy atom. The minimum atomic E-state index is -0.219. The first-order valence-corrected chi connectivity index (χ1v) is 8.10. The van der Waals surface area contributed by atoms with Crippen LogP contribution in [0.4, 0.5) is 4.39 Å². The summed E-state index contributed by atoms with van der Waals surface area (Å²) in [5.41, 5.74) is 2.09. The number of rotatable bonds is 5. The van der Waals surface area contributed by atoms with Gasteiger partial charge in [0.05, 0.1) is 11.6 Å². The minimum absolute atomic E-state index is 0.119. The molecule has 0 bridgehead atoms. The van der Waals surface area contributed by atoms with Crippen molar-refractivity contribution >= 4 is 31.9 Å². The van der Waals surface area contributed by atoms with Gasteiger partial charge in [-0.2, -0.15) is 0 Å². The predicted octanol–water partition coefficient (Wildman–Crippen LogP) is 5.21. The molecule has 1 N–H and O–H groups in total. The molecule has 2 nitrogen and oxygen atoms in total. The van der Waals surface area contributed by atoms with Gasteiger partial charge in [-0.15, -0.1) is 0 Å². The van der Waals surface area contributed by atoms with E-state index in [9.17, 15) is 4.39 Å². The Balaban J connectivity index is 2.10. The average Bonchev–Trinajstić information content (AvgIpc) is 2.45. The Labute approximate surface area is 141 Å². The van der Waals surface area contributed by atoms with Gasteiger partial charge in [-0.25, -0.2) is 4.39 Å². The Bertz CT molecular complexity index is 616. The highest BCUT2D eigenvalue weighted by Crippen LogP contribution is 2.32. The smallest absolute Gasteiger partial charge is 0.137 e. The molecule has 112 valence electrons. The topological polar surface area (TPSA) is 21.3 Å². The lowest BCUT2D eigenvalue weighted by atomic mass is 10.1. The van der Waals surface area contributed by atoms with E-state index in [4.69, 9.17) is 4.74 Å². The third kappa shape index (κ3) is 4.28. The molecule has 2 aromatic carbocycles. The largest absolute Gasteiger partial charge is 0.495 e. The summed E-state index contributed by atoms with van der Waals surface area (Å²) in [5, 5.41) is 3.42. The van der Waals surface area contributed by atoms with Crippen LogP contribution in [0.1, 0.15) is 24.1 Å². The maximum atomic E-state index is 12.9. The van der Waals surface area contributed by atoms with Gasteiger partial charge in [0.2, 0.25) is 0 Å². The second kappa shape index (κ2) is 7.38. The van der Waals surface area contributed by atoms with Gasteiger partial charge in [-0.05, 0) is 52.7 Å². The van der Waals surface area contributed by atoms with Gasteiger partial charge in [-0.3, -0.25) is 0 Å². The molecule has 1 unspecified atom stereocenters. The zero-order valence-corrected chi connectivity index (χ0v) is 15.0. The van der Waals surface area contributed by atoms with Crippen molar-refractivity contribution in [3.63, 3.8) is 0 Å². The molecule has 0 heterocycles. The third-order valence-corrected chi connectivity index (χ3v) is 4.31. The van der Waals surface area contributed by atoms with Crippen molar-refractivity contribution in [1.82, 2.24) is 5.32 Å². The van der Waals surface area contributed by atoms with E-state index >= 15 is 0 Å². The maximum Gasteiger partial charge on any atom is 0.137 e. The van der Waals surface area contributed by atoms with Crippen LogP contribution < -0.4 is 10.1 Å². The normalized spacial score (nSPS) is 12.2. The molecule has 0 fully saturated rings. The maximum absolute atomic E-state index is 12.9. The van der Waals surface area contributed by atoms with Crippen molar-refractivity contribution in [2.45, 2.75) is 19.5 Å². The highest BCUT2D eigenvalue weighted by Gasteiger charge is 2.11. The number of hydrogen-bond acceptors (Lipinski definition) is 2. The molecule has 2 rings (SSSR count). The minimum Gasteiger partial charge on any atom is -0.495 e. The van der Waals surface area contributed by atoms with Crippen LogP contribution in [0, 0.1) is 5.82 Å². The van der Waals surface area contributed by atoms with Crippen molar-refractivity contribution in [3.05, 3.63) is 62.3 Å². The van der Waals surface area contributed by atoms with Crippen LogP contribution in [0.5, 0.6) is 5.75 Å². The molecule has 21 heavy (non-hydrogen) atoms. The zero-order chi connectivity index (χ0) is 15.4. The van der Waals surface area contributed by atoms with E-state index in [1.165, 1.54) is 12.1 Å². The van der Waals surface area contributed by atoms with Gasteiger partial charge in [-0.1, -0.05) is 28.1 Å². The molecule has 0 saturated heterocycles. The van der Waals surface area contributed by atoms with Crippen molar-refractivity contribution in [2.24, 2.45) is 0 Å². The summed E-state index contributed by atoms with van der Waals surface area (Å²) in [6.07, 6.45) is 0. The fourth-order valence-electron chi connectivity index (χ4n) is 2.11. The molecule has 0 amide bonds. The second-order valence-corrected chi connectivity index (χ2v) is 6.50. The van der Waals surface area contributed by atoms with Gasteiger partial charge < -0.3 is 10.1 Å². The summed E-state index contributed by atoms with van der Waals surface area (Å²) in [5.74, 6) is 0.598. The first kappa shape index (κ1) is 16.5. The Morgan fingerprint density at radius 3 is 2.48 bits per heavy atom. The molecule has 0 spiro atoms. The highest BCUT2D eigenvalue weighted by molar-refractivity contribution is 9.11. The molecule has 0 aromatic heterocycles. The van der Waals surface area contributed by atoms with Crippen LogP contribution in [0.3, 0.4) is 0 Å². The quantitative estimate of drug-likeness (QED) is 0.722. The lowest BCUT2D eigenvalue weighted by molar-refractivity contribution is 0.403. The van der Waals surface area contributed by atoms with Gasteiger partial charge >= 0.3 is 0 Å². The predicted molar refractivity (Wildman–Crippen MR) is 90.0 cm³/mol. The summed E-state index contributed by atoms with van der Waals surface area (Å²) in [7, 11) is 1.65. The summed E-state index contributed by atoms with van der Waals surface area (Å²) < 4.78 is 20.3. The van der Waals surface area contributed by atoms with E-state index in [1.807, 2.05) is 19.1 Å². The van der Waals surface area contributed by atoms with Crippen LogP contribution in [-0.2, 0) is 6.54 Å². The Morgan fingerprint density at radius 2 is 1.86 bits per heavy atom. The molecule has 0 aliphatic carbocycles. The van der Waals surface area contributed by atoms with E-state index < -0.39 is 0 Å². The van der Waals surface area contributed by atoms with Gasteiger partial charge in [0.25, 0.3) is 0 Å². The monoisotopic (exact) mass is 415 g/mol. The number of ether oxygens (including phenoxy) is 1.